The van der Waals surface area contributed by atoms with Gasteiger partial charge in [-0.1, -0.05) is 35.9 Å². The molecule has 30 heavy (non-hydrogen) atoms. The molecule has 1 aromatic heterocycles. The normalized spacial score (nSPS) is 16.4. The molecule has 3 aromatic rings. The molecule has 0 spiro atoms. The molecule has 1 aliphatic rings. The Balaban J connectivity index is 1.58. The van der Waals surface area contributed by atoms with Crippen molar-refractivity contribution >= 4 is 28.8 Å². The van der Waals surface area contributed by atoms with E-state index < -0.39 is 11.7 Å². The molecular weight excluding hydrogens is 431 g/mol. The largest absolute Gasteiger partial charge is 0.416 e. The molecule has 1 aliphatic heterocycles. The van der Waals surface area contributed by atoms with Crippen LogP contribution in [-0.4, -0.2) is 17.4 Å². The molecule has 1 unspecified atom stereocenters. The van der Waals surface area contributed by atoms with Crippen LogP contribution in [0.25, 0.3) is 0 Å². The first-order valence-corrected chi connectivity index (χ1v) is 10.9. The fourth-order valence-corrected chi connectivity index (χ4v) is 4.87. The highest BCUT2D eigenvalue weighted by Gasteiger charge is 2.34. The Morgan fingerprint density at radius 2 is 1.77 bits per heavy atom. The number of benzene rings is 2. The van der Waals surface area contributed by atoms with E-state index in [1.165, 1.54) is 17.0 Å². The van der Waals surface area contributed by atoms with Gasteiger partial charge in [0.15, 0.2) is 0 Å². The van der Waals surface area contributed by atoms with Crippen molar-refractivity contribution < 1.29 is 18.0 Å². The second-order valence-corrected chi connectivity index (χ2v) is 8.72. The van der Waals surface area contributed by atoms with Gasteiger partial charge in [-0.25, -0.2) is 0 Å². The second kappa shape index (κ2) is 8.44. The predicted octanol–water partition coefficient (Wildman–Crippen LogP) is 6.53. The number of thiophene rings is 1. The number of alkyl halides is 3. The number of halogens is 4. The van der Waals surface area contributed by atoms with E-state index in [4.69, 9.17) is 11.6 Å². The number of hydrogen-bond donors (Lipinski definition) is 0. The first kappa shape index (κ1) is 20.9. The van der Waals surface area contributed by atoms with E-state index >= 15 is 0 Å². The topological polar surface area (TPSA) is 20.3 Å². The van der Waals surface area contributed by atoms with Crippen molar-refractivity contribution in [2.75, 3.05) is 6.54 Å². The number of rotatable bonds is 4. The Kier molecular flexibility index (Phi) is 5.89. The van der Waals surface area contributed by atoms with Gasteiger partial charge in [-0.05, 0) is 65.2 Å². The first-order valence-electron chi connectivity index (χ1n) is 9.60. The zero-order valence-electron chi connectivity index (χ0n) is 16.0. The lowest BCUT2D eigenvalue weighted by Gasteiger charge is -2.36. The highest BCUT2D eigenvalue weighted by molar-refractivity contribution is 7.10. The summed E-state index contributed by atoms with van der Waals surface area (Å²) in [7, 11) is 0. The number of amides is 1. The SMILES string of the molecule is O=C(CCc1ccc(Cl)cc1)N1CCc2sccc2C1c1ccc(C(F)(F)F)cc1. The summed E-state index contributed by atoms with van der Waals surface area (Å²) in [5.74, 6) is -0.00769. The van der Waals surface area contributed by atoms with E-state index in [2.05, 4.69) is 0 Å². The predicted molar refractivity (Wildman–Crippen MR) is 113 cm³/mol. The van der Waals surface area contributed by atoms with Crippen LogP contribution >= 0.6 is 22.9 Å². The number of fused-ring (bicyclic) bond motifs is 1. The molecule has 0 N–H and O–H groups in total. The van der Waals surface area contributed by atoms with Crippen LogP contribution in [0.15, 0.2) is 60.0 Å². The van der Waals surface area contributed by atoms with Gasteiger partial charge in [0.2, 0.25) is 5.91 Å². The van der Waals surface area contributed by atoms with E-state index in [0.717, 1.165) is 29.7 Å². The zero-order chi connectivity index (χ0) is 21.3. The third-order valence-electron chi connectivity index (χ3n) is 5.38. The lowest BCUT2D eigenvalue weighted by Crippen LogP contribution is -2.40. The van der Waals surface area contributed by atoms with Crippen molar-refractivity contribution in [3.63, 3.8) is 0 Å². The second-order valence-electron chi connectivity index (χ2n) is 7.29. The smallest absolute Gasteiger partial charge is 0.331 e. The molecule has 2 heterocycles. The van der Waals surface area contributed by atoms with E-state index in [1.807, 2.05) is 23.6 Å². The van der Waals surface area contributed by atoms with Gasteiger partial charge in [0.05, 0.1) is 11.6 Å². The maximum Gasteiger partial charge on any atom is 0.416 e. The fourth-order valence-electron chi connectivity index (χ4n) is 3.84. The number of aryl methyl sites for hydroxylation is 1. The third-order valence-corrected chi connectivity index (χ3v) is 6.63. The lowest BCUT2D eigenvalue weighted by atomic mass is 9.92. The van der Waals surface area contributed by atoms with Crippen LogP contribution in [0.2, 0.25) is 5.02 Å². The summed E-state index contributed by atoms with van der Waals surface area (Å²) >= 11 is 7.54. The molecule has 0 saturated heterocycles. The monoisotopic (exact) mass is 449 g/mol. The molecule has 4 rings (SSSR count). The van der Waals surface area contributed by atoms with Gasteiger partial charge in [0, 0.05) is 22.9 Å². The van der Waals surface area contributed by atoms with E-state index in [-0.39, 0.29) is 11.9 Å². The van der Waals surface area contributed by atoms with E-state index in [1.54, 1.807) is 28.4 Å². The Hall–Kier alpha value is -2.31. The van der Waals surface area contributed by atoms with Crippen molar-refractivity contribution in [3.05, 3.63) is 92.1 Å². The Labute approximate surface area is 181 Å². The quantitative estimate of drug-likeness (QED) is 0.443. The summed E-state index contributed by atoms with van der Waals surface area (Å²) in [4.78, 5) is 16.1. The molecule has 2 aromatic carbocycles. The molecule has 0 aliphatic carbocycles. The van der Waals surface area contributed by atoms with Gasteiger partial charge in [-0.3, -0.25) is 4.79 Å². The fraction of sp³-hybridized carbons (Fsp3) is 0.261. The maximum atomic E-state index is 13.1. The standard InChI is InChI=1S/C23H19ClF3NOS/c24-18-8-1-15(2-9-18)3-10-21(29)28-13-11-20-19(12-14-30-20)22(28)16-4-6-17(7-5-16)23(25,26)27/h1-2,4-9,12,14,22H,3,10-11,13H2. The maximum absolute atomic E-state index is 13.1. The van der Waals surface area contributed by atoms with Crippen LogP contribution in [0.4, 0.5) is 13.2 Å². The number of nitrogens with zero attached hydrogens (tertiary/aromatic N) is 1. The minimum atomic E-state index is -4.38. The Morgan fingerprint density at radius 1 is 1.07 bits per heavy atom. The molecule has 2 nitrogen and oxygen atoms in total. The summed E-state index contributed by atoms with van der Waals surface area (Å²) in [5.41, 5.74) is 2.04. The van der Waals surface area contributed by atoms with Crippen LogP contribution in [-0.2, 0) is 23.8 Å². The molecule has 1 atom stereocenters. The van der Waals surface area contributed by atoms with Crippen LogP contribution in [0, 0.1) is 0 Å². The van der Waals surface area contributed by atoms with Gasteiger partial charge in [-0.15, -0.1) is 11.3 Å². The van der Waals surface area contributed by atoms with Gasteiger partial charge < -0.3 is 4.90 Å². The van der Waals surface area contributed by atoms with Crippen molar-refractivity contribution in [2.45, 2.75) is 31.5 Å². The minimum absolute atomic E-state index is 0.00769. The Morgan fingerprint density at radius 3 is 2.43 bits per heavy atom. The molecular formula is C23H19ClF3NOS. The molecule has 7 heteroatoms. The number of carbonyl (C=O) groups is 1. The minimum Gasteiger partial charge on any atom is -0.331 e. The van der Waals surface area contributed by atoms with Crippen LogP contribution in [0.3, 0.4) is 0 Å². The summed E-state index contributed by atoms with van der Waals surface area (Å²) in [6, 6.07) is 14.2. The van der Waals surface area contributed by atoms with Gasteiger partial charge in [-0.2, -0.15) is 13.2 Å². The van der Waals surface area contributed by atoms with Crippen LogP contribution in [0.1, 0.15) is 39.6 Å². The average molecular weight is 450 g/mol. The highest BCUT2D eigenvalue weighted by Crippen LogP contribution is 2.39. The number of hydrogen-bond acceptors (Lipinski definition) is 2. The summed E-state index contributed by atoms with van der Waals surface area (Å²) in [6.07, 6.45) is -2.70. The molecule has 0 bridgehead atoms. The van der Waals surface area contributed by atoms with Crippen molar-refractivity contribution in [3.8, 4) is 0 Å². The van der Waals surface area contributed by atoms with Gasteiger partial charge >= 0.3 is 6.18 Å². The van der Waals surface area contributed by atoms with Crippen LogP contribution in [0.5, 0.6) is 0 Å². The molecule has 0 fully saturated rings. The van der Waals surface area contributed by atoms with Gasteiger partial charge in [0.25, 0.3) is 0 Å². The van der Waals surface area contributed by atoms with Crippen molar-refractivity contribution in [1.82, 2.24) is 4.90 Å². The van der Waals surface area contributed by atoms with Crippen molar-refractivity contribution in [1.29, 1.82) is 0 Å². The number of carbonyl (C=O) groups excluding carboxylic acids is 1. The molecule has 0 saturated carbocycles. The van der Waals surface area contributed by atoms with E-state index in [9.17, 15) is 18.0 Å². The Bertz CT molecular complexity index is 1030. The van der Waals surface area contributed by atoms with E-state index in [0.29, 0.717) is 30.0 Å². The average Bonchev–Trinajstić information content (AvgIpc) is 3.21. The van der Waals surface area contributed by atoms with Crippen molar-refractivity contribution in [2.24, 2.45) is 0 Å². The first-order chi connectivity index (χ1) is 14.3. The molecule has 1 amide bonds. The molecule has 156 valence electrons. The highest BCUT2D eigenvalue weighted by atomic mass is 35.5. The molecule has 0 radical (unpaired) electrons. The summed E-state index contributed by atoms with van der Waals surface area (Å²) in [5, 5.41) is 2.62. The van der Waals surface area contributed by atoms with Gasteiger partial charge in [0.1, 0.15) is 0 Å². The summed E-state index contributed by atoms with van der Waals surface area (Å²) < 4.78 is 38.9. The lowest BCUT2D eigenvalue weighted by molar-refractivity contribution is -0.137. The van der Waals surface area contributed by atoms with Crippen LogP contribution < -0.4 is 0 Å². The summed E-state index contributed by atoms with van der Waals surface area (Å²) in [6.45, 7) is 0.554. The zero-order valence-corrected chi connectivity index (χ0v) is 17.5. The third kappa shape index (κ3) is 4.40.